The molecule has 0 amide bonds. The third-order valence-electron chi connectivity index (χ3n) is 2.84. The van der Waals surface area contributed by atoms with E-state index in [1.807, 2.05) is 17.5 Å². The van der Waals surface area contributed by atoms with E-state index in [0.29, 0.717) is 0 Å². The second-order valence-corrected chi connectivity index (χ2v) is 6.98. The Kier molecular flexibility index (Phi) is 3.42. The van der Waals surface area contributed by atoms with E-state index in [2.05, 4.69) is 15.9 Å². The van der Waals surface area contributed by atoms with Gasteiger partial charge >= 0.3 is 0 Å². The fraction of sp³-hybridized carbons (Fsp3) is 0.0769. The van der Waals surface area contributed by atoms with Crippen LogP contribution in [0.1, 0.15) is 16.5 Å². The minimum absolute atomic E-state index is 0.105. The summed E-state index contributed by atoms with van der Waals surface area (Å²) in [6.45, 7) is 0. The van der Waals surface area contributed by atoms with E-state index in [-0.39, 0.29) is 10.0 Å². The third-order valence-corrected chi connectivity index (χ3v) is 5.62. The molecule has 2 aromatic heterocycles. The molecule has 19 heavy (non-hydrogen) atoms. The van der Waals surface area contributed by atoms with Gasteiger partial charge in [0.25, 0.3) is 0 Å². The summed E-state index contributed by atoms with van der Waals surface area (Å²) < 4.78 is 29.7. The van der Waals surface area contributed by atoms with Crippen LogP contribution in [0.15, 0.2) is 34.1 Å². The normalized spacial score (nSPS) is 13.1. The average Bonchev–Trinajstić information content (AvgIpc) is 2.93. The van der Waals surface area contributed by atoms with Gasteiger partial charge < -0.3 is 5.73 Å². The second-order valence-electron chi connectivity index (χ2n) is 4.06. The molecule has 2 N–H and O–H groups in total. The third kappa shape index (κ3) is 2.33. The molecule has 3 aromatic rings. The lowest BCUT2D eigenvalue weighted by Crippen LogP contribution is -2.12. The van der Waals surface area contributed by atoms with E-state index in [9.17, 15) is 8.78 Å². The maximum absolute atomic E-state index is 13.9. The van der Waals surface area contributed by atoms with E-state index < -0.39 is 17.7 Å². The van der Waals surface area contributed by atoms with Crippen molar-refractivity contribution in [2.75, 3.05) is 0 Å². The van der Waals surface area contributed by atoms with Crippen molar-refractivity contribution in [2.24, 2.45) is 5.73 Å². The van der Waals surface area contributed by atoms with Crippen molar-refractivity contribution in [3.8, 4) is 0 Å². The average molecular weight is 360 g/mol. The van der Waals surface area contributed by atoms with E-state index in [0.717, 1.165) is 26.4 Å². The van der Waals surface area contributed by atoms with Crippen LogP contribution in [0.2, 0.25) is 0 Å². The Morgan fingerprint density at radius 1 is 1.11 bits per heavy atom. The molecule has 0 radical (unpaired) electrons. The van der Waals surface area contributed by atoms with Gasteiger partial charge in [-0.3, -0.25) is 0 Å². The minimum atomic E-state index is -0.646. The molecule has 0 aliphatic rings. The maximum atomic E-state index is 13.9. The van der Waals surface area contributed by atoms with Crippen molar-refractivity contribution in [1.82, 2.24) is 0 Å². The first-order valence-corrected chi connectivity index (χ1v) is 7.92. The summed E-state index contributed by atoms with van der Waals surface area (Å²) in [5.41, 5.74) is 6.23. The van der Waals surface area contributed by atoms with Crippen LogP contribution in [-0.2, 0) is 0 Å². The fourth-order valence-electron chi connectivity index (χ4n) is 1.87. The lowest BCUT2D eigenvalue weighted by molar-refractivity contribution is 0.573. The Morgan fingerprint density at radius 3 is 2.63 bits per heavy atom. The number of fused-ring (bicyclic) bond motifs is 1. The summed E-state index contributed by atoms with van der Waals surface area (Å²) in [5, 5.41) is 2.00. The molecule has 0 aliphatic heterocycles. The number of rotatable bonds is 2. The number of hydrogen-bond donors (Lipinski definition) is 1. The molecule has 98 valence electrons. The van der Waals surface area contributed by atoms with Crippen LogP contribution in [0.25, 0.3) is 9.40 Å². The molecule has 0 saturated heterocycles. The maximum Gasteiger partial charge on any atom is 0.137 e. The Labute approximate surface area is 124 Å². The van der Waals surface area contributed by atoms with Gasteiger partial charge in [0.05, 0.1) is 10.5 Å². The van der Waals surface area contributed by atoms with E-state index in [4.69, 9.17) is 5.73 Å². The predicted molar refractivity (Wildman–Crippen MR) is 79.8 cm³/mol. The summed E-state index contributed by atoms with van der Waals surface area (Å²) in [4.78, 5) is 0.836. The summed E-state index contributed by atoms with van der Waals surface area (Å²) in [6, 6.07) is 5.55. The highest BCUT2D eigenvalue weighted by molar-refractivity contribution is 9.10. The first-order valence-electron chi connectivity index (χ1n) is 5.43. The molecular weight excluding hydrogens is 352 g/mol. The van der Waals surface area contributed by atoms with Gasteiger partial charge in [0.1, 0.15) is 11.6 Å². The highest BCUT2D eigenvalue weighted by Crippen LogP contribution is 2.36. The lowest BCUT2D eigenvalue weighted by atomic mass is 10.1. The van der Waals surface area contributed by atoms with Gasteiger partial charge in [-0.15, -0.1) is 22.7 Å². The topological polar surface area (TPSA) is 26.0 Å². The Hall–Kier alpha value is -0.820. The van der Waals surface area contributed by atoms with Gasteiger partial charge in [-0.25, -0.2) is 8.78 Å². The van der Waals surface area contributed by atoms with Gasteiger partial charge in [-0.2, -0.15) is 0 Å². The molecule has 2 heterocycles. The monoisotopic (exact) mass is 359 g/mol. The zero-order chi connectivity index (χ0) is 13.6. The standard InChI is InChI=1S/C13H8BrF2NS2/c14-7-4-8(15)6(3-9(7)16)13(17)12-5-11-10(19-12)1-2-18-11/h1-5,13H,17H2. The Morgan fingerprint density at radius 2 is 1.89 bits per heavy atom. The molecule has 6 heteroatoms. The van der Waals surface area contributed by atoms with Crippen molar-refractivity contribution in [3.63, 3.8) is 0 Å². The van der Waals surface area contributed by atoms with Crippen molar-refractivity contribution >= 4 is 48.0 Å². The SMILES string of the molecule is NC(c1cc2sccc2s1)c1cc(F)c(Br)cc1F. The smallest absolute Gasteiger partial charge is 0.137 e. The van der Waals surface area contributed by atoms with E-state index in [1.54, 1.807) is 11.3 Å². The fourth-order valence-corrected chi connectivity index (χ4v) is 4.32. The van der Waals surface area contributed by atoms with Crippen LogP contribution in [0.3, 0.4) is 0 Å². The highest BCUT2D eigenvalue weighted by Gasteiger charge is 2.18. The van der Waals surface area contributed by atoms with Crippen molar-refractivity contribution in [1.29, 1.82) is 0 Å². The van der Waals surface area contributed by atoms with E-state index >= 15 is 0 Å². The molecule has 0 aliphatic carbocycles. The zero-order valence-electron chi connectivity index (χ0n) is 9.49. The number of hydrogen-bond acceptors (Lipinski definition) is 3. The minimum Gasteiger partial charge on any atom is -0.320 e. The molecule has 0 spiro atoms. The van der Waals surface area contributed by atoms with Crippen LogP contribution in [0.4, 0.5) is 8.78 Å². The first-order chi connectivity index (χ1) is 9.06. The second kappa shape index (κ2) is 4.94. The predicted octanol–water partition coefficient (Wildman–Crippen LogP) is 5.05. The van der Waals surface area contributed by atoms with Crippen molar-refractivity contribution < 1.29 is 8.78 Å². The Balaban J connectivity index is 2.06. The molecule has 1 atom stereocenters. The van der Waals surface area contributed by atoms with Gasteiger partial charge in [-0.05, 0) is 45.6 Å². The van der Waals surface area contributed by atoms with Crippen LogP contribution >= 0.6 is 38.6 Å². The van der Waals surface area contributed by atoms with Gasteiger partial charge in [0, 0.05) is 19.8 Å². The summed E-state index contributed by atoms with van der Waals surface area (Å²) in [7, 11) is 0. The molecule has 0 saturated carbocycles. The van der Waals surface area contributed by atoms with Crippen LogP contribution in [0.5, 0.6) is 0 Å². The summed E-state index contributed by atoms with van der Waals surface area (Å²) >= 11 is 6.08. The van der Waals surface area contributed by atoms with Crippen molar-refractivity contribution in [3.05, 3.63) is 56.2 Å². The quantitative estimate of drug-likeness (QED) is 0.636. The van der Waals surface area contributed by atoms with E-state index in [1.165, 1.54) is 11.3 Å². The Bertz CT molecular complexity index is 722. The van der Waals surface area contributed by atoms with Gasteiger partial charge in [0.2, 0.25) is 0 Å². The van der Waals surface area contributed by atoms with Crippen LogP contribution in [-0.4, -0.2) is 0 Å². The largest absolute Gasteiger partial charge is 0.320 e. The number of halogens is 3. The van der Waals surface area contributed by atoms with Crippen molar-refractivity contribution in [2.45, 2.75) is 6.04 Å². The van der Waals surface area contributed by atoms with Crippen LogP contribution < -0.4 is 5.73 Å². The number of benzene rings is 1. The lowest BCUT2D eigenvalue weighted by Gasteiger charge is -2.11. The molecule has 1 aromatic carbocycles. The summed E-state index contributed by atoms with van der Waals surface area (Å²) in [5.74, 6) is -1.01. The molecule has 0 bridgehead atoms. The molecule has 1 nitrogen and oxygen atoms in total. The van der Waals surface area contributed by atoms with Gasteiger partial charge in [0.15, 0.2) is 0 Å². The highest BCUT2D eigenvalue weighted by atomic mass is 79.9. The molecule has 1 unspecified atom stereocenters. The molecule has 3 rings (SSSR count). The van der Waals surface area contributed by atoms with Crippen LogP contribution in [0, 0.1) is 11.6 Å². The van der Waals surface area contributed by atoms with Gasteiger partial charge in [-0.1, -0.05) is 0 Å². The molecule has 0 fully saturated rings. The summed E-state index contributed by atoms with van der Waals surface area (Å²) in [6.07, 6.45) is 0. The zero-order valence-corrected chi connectivity index (χ0v) is 12.7. The number of thiophene rings is 2. The first kappa shape index (κ1) is 13.2. The number of nitrogens with two attached hydrogens (primary N) is 1. The molecular formula is C13H8BrF2NS2.